The summed E-state index contributed by atoms with van der Waals surface area (Å²) in [5.74, 6) is 0.510. The summed E-state index contributed by atoms with van der Waals surface area (Å²) >= 11 is 7.75. The Morgan fingerprint density at radius 3 is 2.54 bits per heavy atom. The normalized spacial score (nSPS) is 18.7. The lowest BCUT2D eigenvalue weighted by Gasteiger charge is -2.34. The molecule has 0 bridgehead atoms. The van der Waals surface area contributed by atoms with Crippen LogP contribution in [0.25, 0.3) is 10.1 Å². The lowest BCUT2D eigenvalue weighted by Crippen LogP contribution is -2.27. The van der Waals surface area contributed by atoms with Gasteiger partial charge >= 0.3 is 0 Å². The quantitative estimate of drug-likeness (QED) is 0.666. The minimum Gasteiger partial charge on any atom is -0.266 e. The summed E-state index contributed by atoms with van der Waals surface area (Å²) in [4.78, 5) is 12.9. The summed E-state index contributed by atoms with van der Waals surface area (Å²) < 4.78 is 1.02. The molecule has 1 amide bonds. The number of hydrogen-bond acceptors (Lipinski definition) is 3. The highest BCUT2D eigenvalue weighted by atomic mass is 35.5. The summed E-state index contributed by atoms with van der Waals surface area (Å²) in [6.07, 6.45) is 4.20. The number of fused-ring (bicyclic) bond motifs is 1. The second-order valence-corrected chi connectivity index (χ2v) is 8.93. The molecule has 1 aromatic carbocycles. The van der Waals surface area contributed by atoms with Crippen LogP contribution in [0.15, 0.2) is 29.4 Å². The van der Waals surface area contributed by atoms with Crippen molar-refractivity contribution in [2.45, 2.75) is 46.5 Å². The van der Waals surface area contributed by atoms with Crippen LogP contribution < -0.4 is 5.43 Å². The number of halogens is 1. The second-order valence-electron chi connectivity index (χ2n) is 7.50. The molecule has 1 aliphatic carbocycles. The zero-order chi connectivity index (χ0) is 17.3. The van der Waals surface area contributed by atoms with Crippen molar-refractivity contribution in [2.24, 2.45) is 16.4 Å². The van der Waals surface area contributed by atoms with Crippen LogP contribution in [0.5, 0.6) is 0 Å². The summed E-state index contributed by atoms with van der Waals surface area (Å²) in [7, 11) is 0. The highest BCUT2D eigenvalue weighted by Gasteiger charge is 2.28. The van der Waals surface area contributed by atoms with Gasteiger partial charge in [0.05, 0.1) is 5.02 Å². The minimum atomic E-state index is -0.216. The number of hydrogen-bond donors (Lipinski definition) is 1. The average molecular weight is 363 g/mol. The zero-order valence-electron chi connectivity index (χ0n) is 14.4. The molecule has 5 heteroatoms. The smallest absolute Gasteiger partial charge is 0.266 e. The molecule has 128 valence electrons. The molecular formula is C19H23ClN2OS. The molecule has 1 aliphatic rings. The van der Waals surface area contributed by atoms with E-state index in [1.165, 1.54) is 11.3 Å². The van der Waals surface area contributed by atoms with Crippen molar-refractivity contribution >= 4 is 44.6 Å². The first-order valence-corrected chi connectivity index (χ1v) is 9.58. The van der Waals surface area contributed by atoms with Crippen molar-refractivity contribution in [1.29, 1.82) is 0 Å². The van der Waals surface area contributed by atoms with Gasteiger partial charge in [-0.15, -0.1) is 11.3 Å². The standard InChI is InChI=1S/C19H23ClN2OS/c1-19(2,3)12-8-10-13(11-9-12)21-22-18(23)17-16(20)14-6-4-5-7-15(14)24-17/h4-7,12H,8-11H2,1-3H3,(H,22,23). The molecule has 0 unspecified atom stereocenters. The van der Waals surface area contributed by atoms with Crippen LogP contribution in [-0.4, -0.2) is 11.6 Å². The number of amides is 1. The molecule has 1 saturated carbocycles. The first-order valence-electron chi connectivity index (χ1n) is 8.39. The molecule has 0 radical (unpaired) electrons. The fraction of sp³-hybridized carbons (Fsp3) is 0.474. The number of thiophene rings is 1. The molecule has 0 aliphatic heterocycles. The van der Waals surface area contributed by atoms with Crippen molar-refractivity contribution in [2.75, 3.05) is 0 Å². The van der Waals surface area contributed by atoms with E-state index in [0.717, 1.165) is 47.4 Å². The summed E-state index contributed by atoms with van der Waals surface area (Å²) in [6.45, 7) is 6.89. The predicted octanol–water partition coefficient (Wildman–Crippen LogP) is 5.88. The Morgan fingerprint density at radius 1 is 1.25 bits per heavy atom. The Labute approximate surface area is 152 Å². The molecule has 24 heavy (non-hydrogen) atoms. The van der Waals surface area contributed by atoms with Crippen molar-refractivity contribution < 1.29 is 4.79 Å². The fourth-order valence-corrected chi connectivity index (χ4v) is 4.68. The van der Waals surface area contributed by atoms with Crippen LogP contribution in [0.2, 0.25) is 5.02 Å². The van der Waals surface area contributed by atoms with E-state index >= 15 is 0 Å². The number of nitrogens with zero attached hydrogens (tertiary/aromatic N) is 1. The third kappa shape index (κ3) is 3.65. The molecule has 0 spiro atoms. The van der Waals surface area contributed by atoms with Gasteiger partial charge in [0.15, 0.2) is 0 Å². The molecule has 3 rings (SSSR count). The predicted molar refractivity (Wildman–Crippen MR) is 103 cm³/mol. The zero-order valence-corrected chi connectivity index (χ0v) is 15.9. The van der Waals surface area contributed by atoms with Crippen LogP contribution >= 0.6 is 22.9 Å². The largest absolute Gasteiger partial charge is 0.283 e. The molecular weight excluding hydrogens is 340 g/mol. The van der Waals surface area contributed by atoms with Gasteiger partial charge in [-0.05, 0) is 43.1 Å². The van der Waals surface area contributed by atoms with Gasteiger partial charge in [-0.3, -0.25) is 4.79 Å². The third-order valence-electron chi connectivity index (χ3n) is 4.84. The van der Waals surface area contributed by atoms with E-state index in [-0.39, 0.29) is 5.91 Å². The van der Waals surface area contributed by atoms with Crippen molar-refractivity contribution in [1.82, 2.24) is 5.43 Å². The molecule has 3 nitrogen and oxygen atoms in total. The van der Waals surface area contributed by atoms with Crippen molar-refractivity contribution in [3.63, 3.8) is 0 Å². The highest BCUT2D eigenvalue weighted by molar-refractivity contribution is 7.21. The molecule has 1 fully saturated rings. The molecule has 1 heterocycles. The van der Waals surface area contributed by atoms with E-state index in [0.29, 0.717) is 15.3 Å². The molecule has 0 atom stereocenters. The van der Waals surface area contributed by atoms with E-state index in [1.54, 1.807) is 0 Å². The lowest BCUT2D eigenvalue weighted by atomic mass is 9.72. The Balaban J connectivity index is 1.66. The van der Waals surface area contributed by atoms with E-state index < -0.39 is 0 Å². The number of carbonyl (C=O) groups excluding carboxylic acids is 1. The van der Waals surface area contributed by atoms with Crippen LogP contribution in [0.4, 0.5) is 0 Å². The van der Waals surface area contributed by atoms with Crippen molar-refractivity contribution in [3.8, 4) is 0 Å². The number of rotatable bonds is 2. The van der Waals surface area contributed by atoms with Crippen LogP contribution in [0.1, 0.15) is 56.1 Å². The van der Waals surface area contributed by atoms with Crippen LogP contribution in [0.3, 0.4) is 0 Å². The SMILES string of the molecule is CC(C)(C)C1CCC(=NNC(=O)c2sc3ccccc3c2Cl)CC1. The van der Waals surface area contributed by atoms with Gasteiger partial charge in [-0.1, -0.05) is 50.6 Å². The maximum Gasteiger partial charge on any atom is 0.283 e. The Bertz CT molecular complexity index is 778. The van der Waals surface area contributed by atoms with Crippen LogP contribution in [0, 0.1) is 11.3 Å². The van der Waals surface area contributed by atoms with E-state index in [1.807, 2.05) is 24.3 Å². The van der Waals surface area contributed by atoms with E-state index in [4.69, 9.17) is 11.6 Å². The number of hydrazone groups is 1. The lowest BCUT2D eigenvalue weighted by molar-refractivity contribution is 0.0958. The van der Waals surface area contributed by atoms with E-state index in [2.05, 4.69) is 31.3 Å². The highest BCUT2D eigenvalue weighted by Crippen LogP contribution is 2.37. The summed E-state index contributed by atoms with van der Waals surface area (Å²) in [6, 6.07) is 7.79. The number of benzene rings is 1. The maximum atomic E-state index is 12.4. The van der Waals surface area contributed by atoms with Gasteiger partial charge in [-0.25, -0.2) is 5.43 Å². The van der Waals surface area contributed by atoms with Gasteiger partial charge in [0.25, 0.3) is 5.91 Å². The first-order chi connectivity index (χ1) is 11.4. The average Bonchev–Trinajstić information content (AvgIpc) is 2.90. The third-order valence-corrected chi connectivity index (χ3v) is 6.52. The monoisotopic (exact) mass is 362 g/mol. The Hall–Kier alpha value is -1.39. The molecule has 2 aromatic rings. The number of nitrogens with one attached hydrogen (secondary N) is 1. The van der Waals surface area contributed by atoms with Crippen LogP contribution in [-0.2, 0) is 0 Å². The number of carbonyl (C=O) groups is 1. The Morgan fingerprint density at radius 2 is 1.92 bits per heavy atom. The fourth-order valence-electron chi connectivity index (χ4n) is 3.27. The maximum absolute atomic E-state index is 12.4. The minimum absolute atomic E-state index is 0.216. The summed E-state index contributed by atoms with van der Waals surface area (Å²) in [5, 5.41) is 5.79. The van der Waals surface area contributed by atoms with Gasteiger partial charge < -0.3 is 0 Å². The van der Waals surface area contributed by atoms with Gasteiger partial charge in [-0.2, -0.15) is 5.10 Å². The molecule has 1 aromatic heterocycles. The van der Waals surface area contributed by atoms with Gasteiger partial charge in [0.2, 0.25) is 0 Å². The molecule has 1 N–H and O–H groups in total. The van der Waals surface area contributed by atoms with Crippen molar-refractivity contribution in [3.05, 3.63) is 34.2 Å². The van der Waals surface area contributed by atoms with Gasteiger partial charge in [0, 0.05) is 15.8 Å². The second kappa shape index (κ2) is 6.85. The van der Waals surface area contributed by atoms with E-state index in [9.17, 15) is 4.79 Å². The topological polar surface area (TPSA) is 41.5 Å². The van der Waals surface area contributed by atoms with Gasteiger partial charge in [0.1, 0.15) is 4.88 Å². The summed E-state index contributed by atoms with van der Waals surface area (Å²) in [5.41, 5.74) is 4.13. The Kier molecular flexibility index (Phi) is 4.97. The molecule has 0 saturated heterocycles. The first kappa shape index (κ1) is 17.4.